The quantitative estimate of drug-likeness (QED) is 0.763. The summed E-state index contributed by atoms with van der Waals surface area (Å²) in [5.74, 6) is -0.205. The number of rotatable bonds is 6. The number of anilines is 1. The number of benzene rings is 2. The summed E-state index contributed by atoms with van der Waals surface area (Å²) in [6.07, 6.45) is 0.557. The van der Waals surface area contributed by atoms with Gasteiger partial charge < -0.3 is 10.1 Å². The van der Waals surface area contributed by atoms with Crippen LogP contribution < -0.4 is 9.62 Å². The van der Waals surface area contributed by atoms with Crippen molar-refractivity contribution < 1.29 is 17.9 Å². The Kier molecular flexibility index (Phi) is 5.50. The molecule has 26 heavy (non-hydrogen) atoms. The number of carbonyl (C=O) groups excluding carboxylic acids is 1. The van der Waals surface area contributed by atoms with E-state index in [0.29, 0.717) is 42.4 Å². The predicted molar refractivity (Wildman–Crippen MR) is 100 cm³/mol. The largest absolute Gasteiger partial charge is 0.383 e. The molecule has 3 rings (SSSR count). The fourth-order valence-corrected chi connectivity index (χ4v) is 4.49. The molecule has 2 aromatic carbocycles. The number of amides is 1. The molecule has 1 amide bonds. The Morgan fingerprint density at radius 3 is 2.65 bits per heavy atom. The fourth-order valence-electron chi connectivity index (χ4n) is 2.86. The molecule has 1 heterocycles. The Balaban J connectivity index is 1.84. The van der Waals surface area contributed by atoms with Gasteiger partial charge in [0.2, 0.25) is 0 Å². The van der Waals surface area contributed by atoms with Gasteiger partial charge in [0, 0.05) is 30.8 Å². The molecule has 0 aliphatic carbocycles. The third kappa shape index (κ3) is 3.70. The topological polar surface area (TPSA) is 75.7 Å². The minimum atomic E-state index is -3.66. The normalized spacial score (nSPS) is 13.5. The number of fused-ring (bicyclic) bond motifs is 1. The van der Waals surface area contributed by atoms with E-state index in [2.05, 4.69) is 5.32 Å². The van der Waals surface area contributed by atoms with Crippen LogP contribution in [0.25, 0.3) is 0 Å². The molecular weight excluding hydrogens is 376 g/mol. The minimum absolute atomic E-state index is 0.191. The fraction of sp³-hybridized carbons (Fsp3) is 0.278. The number of hydrogen-bond acceptors (Lipinski definition) is 4. The van der Waals surface area contributed by atoms with Crippen LogP contribution in [0.3, 0.4) is 0 Å². The van der Waals surface area contributed by atoms with Gasteiger partial charge in [-0.05, 0) is 54.4 Å². The van der Waals surface area contributed by atoms with E-state index in [4.69, 9.17) is 16.3 Å². The van der Waals surface area contributed by atoms with Gasteiger partial charge >= 0.3 is 0 Å². The highest BCUT2D eigenvalue weighted by molar-refractivity contribution is 7.92. The summed E-state index contributed by atoms with van der Waals surface area (Å²) in [7, 11) is -2.10. The first kappa shape index (κ1) is 18.7. The first-order valence-electron chi connectivity index (χ1n) is 8.12. The van der Waals surface area contributed by atoms with Gasteiger partial charge in [0.05, 0.1) is 17.2 Å². The van der Waals surface area contributed by atoms with Crippen molar-refractivity contribution in [2.24, 2.45) is 0 Å². The molecule has 138 valence electrons. The molecule has 0 saturated carbocycles. The van der Waals surface area contributed by atoms with Crippen LogP contribution in [0.4, 0.5) is 5.69 Å². The monoisotopic (exact) mass is 394 g/mol. The molecule has 2 aromatic rings. The molecule has 0 fully saturated rings. The number of sulfonamides is 1. The number of hydrogen-bond donors (Lipinski definition) is 1. The first-order valence-corrected chi connectivity index (χ1v) is 9.93. The zero-order valence-electron chi connectivity index (χ0n) is 14.2. The smallest absolute Gasteiger partial charge is 0.264 e. The zero-order valence-corrected chi connectivity index (χ0v) is 15.8. The number of halogens is 1. The second-order valence-corrected chi connectivity index (χ2v) is 8.17. The van der Waals surface area contributed by atoms with E-state index in [0.717, 1.165) is 5.56 Å². The van der Waals surface area contributed by atoms with E-state index in [-0.39, 0.29) is 10.8 Å². The lowest BCUT2D eigenvalue weighted by molar-refractivity contribution is 0.0937. The van der Waals surface area contributed by atoms with E-state index in [1.165, 1.54) is 16.4 Å². The van der Waals surface area contributed by atoms with Crippen LogP contribution in [0.15, 0.2) is 47.4 Å². The average Bonchev–Trinajstić information content (AvgIpc) is 3.06. The lowest BCUT2D eigenvalue weighted by Gasteiger charge is -2.19. The second-order valence-electron chi connectivity index (χ2n) is 5.87. The van der Waals surface area contributed by atoms with Gasteiger partial charge in [0.25, 0.3) is 15.9 Å². The van der Waals surface area contributed by atoms with Crippen LogP contribution in [0, 0.1) is 0 Å². The SMILES string of the molecule is COCCNC(=O)c1ccc2c(c1)CCN2S(=O)(=O)c1ccc(Cl)cc1. The van der Waals surface area contributed by atoms with Crippen molar-refractivity contribution in [1.82, 2.24) is 5.32 Å². The molecule has 0 atom stereocenters. The van der Waals surface area contributed by atoms with Crippen LogP contribution in [-0.4, -0.2) is 41.1 Å². The van der Waals surface area contributed by atoms with E-state index in [1.54, 1.807) is 37.4 Å². The standard InChI is InChI=1S/C18H19ClN2O4S/c1-25-11-9-20-18(22)14-2-7-17-13(12-14)8-10-21(17)26(23,24)16-5-3-15(19)4-6-16/h2-7,12H,8-11H2,1H3,(H,20,22). The molecular formula is C18H19ClN2O4S. The Bertz CT molecular complexity index is 913. The van der Waals surface area contributed by atoms with Gasteiger partial charge in [0.1, 0.15) is 0 Å². The van der Waals surface area contributed by atoms with Crippen molar-refractivity contribution in [2.45, 2.75) is 11.3 Å². The highest BCUT2D eigenvalue weighted by Gasteiger charge is 2.31. The summed E-state index contributed by atoms with van der Waals surface area (Å²) in [5, 5.41) is 3.24. The summed E-state index contributed by atoms with van der Waals surface area (Å²) in [6, 6.07) is 11.2. The lowest BCUT2D eigenvalue weighted by atomic mass is 10.1. The molecule has 6 nitrogen and oxygen atoms in total. The predicted octanol–water partition coefficient (Wildman–Crippen LogP) is 2.47. The van der Waals surface area contributed by atoms with Crippen LogP contribution in [0.5, 0.6) is 0 Å². The van der Waals surface area contributed by atoms with Gasteiger partial charge in [0.15, 0.2) is 0 Å². The molecule has 1 N–H and O–H groups in total. The zero-order chi connectivity index (χ0) is 18.7. The Hall–Kier alpha value is -2.09. The van der Waals surface area contributed by atoms with Crippen molar-refractivity contribution in [3.8, 4) is 0 Å². The summed E-state index contributed by atoms with van der Waals surface area (Å²) in [4.78, 5) is 12.3. The van der Waals surface area contributed by atoms with Gasteiger partial charge in [-0.25, -0.2) is 8.42 Å². The highest BCUT2D eigenvalue weighted by Crippen LogP contribution is 2.33. The molecule has 0 saturated heterocycles. The number of nitrogens with one attached hydrogen (secondary N) is 1. The molecule has 1 aliphatic heterocycles. The van der Waals surface area contributed by atoms with E-state index in [1.807, 2.05) is 0 Å². The maximum Gasteiger partial charge on any atom is 0.264 e. The highest BCUT2D eigenvalue weighted by atomic mass is 35.5. The summed E-state index contributed by atoms with van der Waals surface area (Å²) in [5.41, 5.74) is 1.95. The Labute approximate surface area is 157 Å². The van der Waals surface area contributed by atoms with Gasteiger partial charge in [-0.2, -0.15) is 0 Å². The first-order chi connectivity index (χ1) is 12.4. The second kappa shape index (κ2) is 7.65. The summed E-state index contributed by atoms with van der Waals surface area (Å²) >= 11 is 5.84. The molecule has 1 aliphatic rings. The molecule has 0 radical (unpaired) electrons. The third-order valence-electron chi connectivity index (χ3n) is 4.19. The minimum Gasteiger partial charge on any atom is -0.383 e. The molecule has 8 heteroatoms. The molecule has 0 unspecified atom stereocenters. The number of carbonyl (C=O) groups is 1. The van der Waals surface area contributed by atoms with Crippen molar-refractivity contribution in [3.05, 3.63) is 58.6 Å². The van der Waals surface area contributed by atoms with Gasteiger partial charge in [-0.15, -0.1) is 0 Å². The van der Waals surface area contributed by atoms with Crippen LogP contribution in [0.1, 0.15) is 15.9 Å². The summed E-state index contributed by atoms with van der Waals surface area (Å²) in [6.45, 7) is 1.20. The number of methoxy groups -OCH3 is 1. The lowest BCUT2D eigenvalue weighted by Crippen LogP contribution is -2.29. The maximum absolute atomic E-state index is 12.9. The van der Waals surface area contributed by atoms with E-state index < -0.39 is 10.0 Å². The van der Waals surface area contributed by atoms with Crippen LogP contribution in [0.2, 0.25) is 5.02 Å². The van der Waals surface area contributed by atoms with Crippen molar-refractivity contribution in [3.63, 3.8) is 0 Å². The van der Waals surface area contributed by atoms with Crippen molar-refractivity contribution in [1.29, 1.82) is 0 Å². The Morgan fingerprint density at radius 1 is 1.23 bits per heavy atom. The number of ether oxygens (including phenoxy) is 1. The summed E-state index contributed by atoms with van der Waals surface area (Å²) < 4.78 is 32.1. The third-order valence-corrected chi connectivity index (χ3v) is 6.27. The van der Waals surface area contributed by atoms with Crippen LogP contribution in [-0.2, 0) is 21.2 Å². The van der Waals surface area contributed by atoms with Gasteiger partial charge in [-0.1, -0.05) is 11.6 Å². The molecule has 0 aromatic heterocycles. The van der Waals surface area contributed by atoms with Crippen molar-refractivity contribution >= 4 is 33.2 Å². The maximum atomic E-state index is 12.9. The van der Waals surface area contributed by atoms with Gasteiger partial charge in [-0.3, -0.25) is 9.10 Å². The van der Waals surface area contributed by atoms with E-state index in [9.17, 15) is 13.2 Å². The average molecular weight is 395 g/mol. The van der Waals surface area contributed by atoms with Crippen LogP contribution >= 0.6 is 11.6 Å². The molecule has 0 spiro atoms. The van der Waals surface area contributed by atoms with Crippen molar-refractivity contribution in [2.75, 3.05) is 31.1 Å². The molecule has 0 bridgehead atoms. The Morgan fingerprint density at radius 2 is 1.96 bits per heavy atom. The van der Waals surface area contributed by atoms with E-state index >= 15 is 0 Å². The number of nitrogens with zero attached hydrogens (tertiary/aromatic N) is 1.